The second-order valence-electron chi connectivity index (χ2n) is 5.44. The Labute approximate surface area is 130 Å². The molecule has 0 aliphatic heterocycles. The van der Waals surface area contributed by atoms with Crippen molar-refractivity contribution < 1.29 is 19.1 Å². The summed E-state index contributed by atoms with van der Waals surface area (Å²) in [5.41, 5.74) is 0.989. The summed E-state index contributed by atoms with van der Waals surface area (Å²) in [6.07, 6.45) is 0.480. The maximum absolute atomic E-state index is 12.0. The zero-order valence-electron chi connectivity index (χ0n) is 13.3. The number of urea groups is 1. The predicted octanol–water partition coefficient (Wildman–Crippen LogP) is 2.60. The smallest absolute Gasteiger partial charge is 0.328 e. The first-order valence-electron chi connectivity index (χ1n) is 7.09. The van der Waals surface area contributed by atoms with E-state index in [1.807, 2.05) is 13.8 Å². The van der Waals surface area contributed by atoms with Gasteiger partial charge in [0.1, 0.15) is 6.04 Å². The number of rotatable bonds is 6. The molecule has 0 radical (unpaired) electrons. The Kier molecular flexibility index (Phi) is 6.56. The predicted molar refractivity (Wildman–Crippen MR) is 83.9 cm³/mol. The second-order valence-corrected chi connectivity index (χ2v) is 5.44. The molecule has 0 aliphatic rings. The van der Waals surface area contributed by atoms with E-state index in [9.17, 15) is 14.4 Å². The van der Waals surface area contributed by atoms with Gasteiger partial charge in [0, 0.05) is 11.3 Å². The molecule has 1 rings (SSSR count). The van der Waals surface area contributed by atoms with Crippen molar-refractivity contribution in [1.82, 2.24) is 5.32 Å². The van der Waals surface area contributed by atoms with Gasteiger partial charge in [-0.1, -0.05) is 26.0 Å². The highest BCUT2D eigenvalue weighted by Gasteiger charge is 2.22. The van der Waals surface area contributed by atoms with Gasteiger partial charge in [0.25, 0.3) is 0 Å². The van der Waals surface area contributed by atoms with E-state index in [0.717, 1.165) is 0 Å². The monoisotopic (exact) mass is 306 g/mol. The molecule has 0 saturated heterocycles. The Morgan fingerprint density at radius 3 is 2.45 bits per heavy atom. The molecule has 0 aliphatic carbocycles. The number of hydrogen-bond donors (Lipinski definition) is 2. The quantitative estimate of drug-likeness (QED) is 0.625. The van der Waals surface area contributed by atoms with Crippen molar-refractivity contribution in [2.24, 2.45) is 5.92 Å². The summed E-state index contributed by atoms with van der Waals surface area (Å²) in [4.78, 5) is 35.0. The van der Waals surface area contributed by atoms with Gasteiger partial charge in [-0.2, -0.15) is 0 Å². The van der Waals surface area contributed by atoms with Crippen LogP contribution in [0.1, 0.15) is 37.6 Å². The number of benzene rings is 1. The summed E-state index contributed by atoms with van der Waals surface area (Å²) in [5.74, 6) is -0.344. The summed E-state index contributed by atoms with van der Waals surface area (Å²) in [6.45, 7) is 5.35. The number of anilines is 1. The van der Waals surface area contributed by atoms with Crippen molar-refractivity contribution in [3.05, 3.63) is 29.8 Å². The fourth-order valence-corrected chi connectivity index (χ4v) is 1.97. The van der Waals surface area contributed by atoms with E-state index < -0.39 is 18.0 Å². The molecule has 0 spiro atoms. The molecule has 6 nitrogen and oxygen atoms in total. The number of ether oxygens (including phenoxy) is 1. The highest BCUT2D eigenvalue weighted by Crippen LogP contribution is 2.12. The first-order chi connectivity index (χ1) is 10.3. The first kappa shape index (κ1) is 17.7. The van der Waals surface area contributed by atoms with Crippen molar-refractivity contribution in [2.75, 3.05) is 12.4 Å². The standard InChI is InChI=1S/C16H22N2O4/c1-10(2)8-14(15(20)22-4)18-16(21)17-13-7-5-6-12(9-13)11(3)19/h5-7,9-10,14H,8H2,1-4H3,(H2,17,18,21). The summed E-state index contributed by atoms with van der Waals surface area (Å²) in [6, 6.07) is 5.37. The number of hydrogen-bond acceptors (Lipinski definition) is 4. The number of esters is 1. The van der Waals surface area contributed by atoms with Crippen molar-refractivity contribution >= 4 is 23.5 Å². The highest BCUT2D eigenvalue weighted by molar-refractivity contribution is 5.97. The van der Waals surface area contributed by atoms with Crippen LogP contribution in [0.15, 0.2) is 24.3 Å². The average Bonchev–Trinajstić information content (AvgIpc) is 2.45. The molecule has 6 heteroatoms. The summed E-state index contributed by atoms with van der Waals surface area (Å²) >= 11 is 0. The lowest BCUT2D eigenvalue weighted by Gasteiger charge is -2.18. The minimum atomic E-state index is -0.707. The molecule has 2 amide bonds. The Morgan fingerprint density at radius 1 is 1.23 bits per heavy atom. The van der Waals surface area contributed by atoms with Crippen molar-refractivity contribution in [3.63, 3.8) is 0 Å². The number of methoxy groups -OCH3 is 1. The molecule has 0 aromatic heterocycles. The molecule has 1 atom stereocenters. The van der Waals surface area contributed by atoms with Gasteiger partial charge in [-0.15, -0.1) is 0 Å². The summed E-state index contributed by atoms with van der Waals surface area (Å²) in [7, 11) is 1.28. The van der Waals surface area contributed by atoms with Crippen LogP contribution in [0, 0.1) is 5.92 Å². The third-order valence-electron chi connectivity index (χ3n) is 3.03. The van der Waals surface area contributed by atoms with Crippen LogP contribution >= 0.6 is 0 Å². The zero-order valence-corrected chi connectivity index (χ0v) is 13.3. The molecule has 22 heavy (non-hydrogen) atoms. The topological polar surface area (TPSA) is 84.5 Å². The van der Waals surface area contributed by atoms with Crippen LogP contribution in [0.4, 0.5) is 10.5 Å². The van der Waals surface area contributed by atoms with E-state index in [2.05, 4.69) is 15.4 Å². The van der Waals surface area contributed by atoms with Crippen molar-refractivity contribution in [3.8, 4) is 0 Å². The Hall–Kier alpha value is -2.37. The minimum absolute atomic E-state index is 0.0868. The van der Waals surface area contributed by atoms with E-state index >= 15 is 0 Å². The largest absolute Gasteiger partial charge is 0.467 e. The van der Waals surface area contributed by atoms with E-state index in [-0.39, 0.29) is 11.7 Å². The third-order valence-corrected chi connectivity index (χ3v) is 3.03. The van der Waals surface area contributed by atoms with E-state index in [4.69, 9.17) is 0 Å². The Morgan fingerprint density at radius 2 is 1.91 bits per heavy atom. The lowest BCUT2D eigenvalue weighted by Crippen LogP contribution is -2.44. The van der Waals surface area contributed by atoms with Gasteiger partial charge in [0.15, 0.2) is 5.78 Å². The SMILES string of the molecule is COC(=O)C(CC(C)C)NC(=O)Nc1cccc(C(C)=O)c1. The number of Topliss-reactive ketones (excluding diaryl/α,β-unsaturated/α-hetero) is 1. The molecule has 0 bridgehead atoms. The van der Waals surface area contributed by atoms with Crippen molar-refractivity contribution in [2.45, 2.75) is 33.2 Å². The van der Waals surface area contributed by atoms with Gasteiger partial charge in [-0.25, -0.2) is 9.59 Å². The molecular weight excluding hydrogens is 284 g/mol. The van der Waals surface area contributed by atoms with Crippen LogP contribution in [0.5, 0.6) is 0 Å². The van der Waals surface area contributed by atoms with Gasteiger partial charge < -0.3 is 15.4 Å². The van der Waals surface area contributed by atoms with E-state index in [0.29, 0.717) is 17.7 Å². The molecule has 0 heterocycles. The molecule has 1 unspecified atom stereocenters. The maximum Gasteiger partial charge on any atom is 0.328 e. The minimum Gasteiger partial charge on any atom is -0.467 e. The number of nitrogens with one attached hydrogen (secondary N) is 2. The fraction of sp³-hybridized carbons (Fsp3) is 0.438. The molecule has 1 aromatic rings. The Balaban J connectivity index is 2.72. The molecule has 120 valence electrons. The summed E-state index contributed by atoms with van der Waals surface area (Å²) < 4.78 is 4.69. The van der Waals surface area contributed by atoms with Gasteiger partial charge in [0.05, 0.1) is 7.11 Å². The van der Waals surface area contributed by atoms with Crippen LogP contribution in [0.25, 0.3) is 0 Å². The maximum atomic E-state index is 12.0. The molecule has 1 aromatic carbocycles. The number of carbonyl (C=O) groups excluding carboxylic acids is 3. The molecular formula is C16H22N2O4. The van der Waals surface area contributed by atoms with Crippen LogP contribution in [0.3, 0.4) is 0 Å². The van der Waals surface area contributed by atoms with Crippen molar-refractivity contribution in [1.29, 1.82) is 0 Å². The fourth-order valence-electron chi connectivity index (χ4n) is 1.97. The van der Waals surface area contributed by atoms with Crippen LogP contribution in [-0.4, -0.2) is 30.9 Å². The number of ketones is 1. The Bertz CT molecular complexity index is 555. The van der Waals surface area contributed by atoms with Crippen LogP contribution in [-0.2, 0) is 9.53 Å². The molecule has 0 fully saturated rings. The second kappa shape index (κ2) is 8.17. The zero-order chi connectivity index (χ0) is 16.7. The van der Waals surface area contributed by atoms with Gasteiger partial charge >= 0.3 is 12.0 Å². The first-order valence-corrected chi connectivity index (χ1v) is 7.09. The lowest BCUT2D eigenvalue weighted by atomic mass is 10.0. The highest BCUT2D eigenvalue weighted by atomic mass is 16.5. The third kappa shape index (κ3) is 5.55. The number of amides is 2. The average molecular weight is 306 g/mol. The van der Waals surface area contributed by atoms with Gasteiger partial charge in [-0.3, -0.25) is 4.79 Å². The normalized spacial score (nSPS) is 11.7. The molecule has 2 N–H and O–H groups in total. The molecule has 0 saturated carbocycles. The van der Waals surface area contributed by atoms with Crippen LogP contribution in [0.2, 0.25) is 0 Å². The van der Waals surface area contributed by atoms with Gasteiger partial charge in [-0.05, 0) is 31.4 Å². The van der Waals surface area contributed by atoms with Gasteiger partial charge in [0.2, 0.25) is 0 Å². The van der Waals surface area contributed by atoms with Crippen LogP contribution < -0.4 is 10.6 Å². The van der Waals surface area contributed by atoms with E-state index in [1.165, 1.54) is 14.0 Å². The number of carbonyl (C=O) groups is 3. The summed E-state index contributed by atoms with van der Waals surface area (Å²) in [5, 5.41) is 5.20. The lowest BCUT2D eigenvalue weighted by molar-refractivity contribution is -0.143. The van der Waals surface area contributed by atoms with E-state index in [1.54, 1.807) is 24.3 Å².